The van der Waals surface area contributed by atoms with Crippen LogP contribution in [0.4, 0.5) is 4.79 Å². The quantitative estimate of drug-likeness (QED) is 0.597. The zero-order chi connectivity index (χ0) is 21.9. The van der Waals surface area contributed by atoms with E-state index in [1.54, 1.807) is 0 Å². The predicted octanol–water partition coefficient (Wildman–Crippen LogP) is 2.36. The van der Waals surface area contributed by atoms with Crippen molar-refractivity contribution < 1.29 is 19.7 Å². The first-order valence-corrected chi connectivity index (χ1v) is 11.1. The second-order valence-corrected chi connectivity index (χ2v) is 9.28. The Kier molecular flexibility index (Phi) is 6.81. The Morgan fingerprint density at radius 3 is 2.23 bits per heavy atom. The van der Waals surface area contributed by atoms with E-state index in [0.29, 0.717) is 24.7 Å². The van der Waals surface area contributed by atoms with Gasteiger partial charge in [-0.2, -0.15) is 5.01 Å². The van der Waals surface area contributed by atoms with E-state index in [2.05, 4.69) is 62.7 Å². The van der Waals surface area contributed by atoms with Crippen LogP contribution in [0.5, 0.6) is 0 Å². The lowest BCUT2D eigenvalue weighted by molar-refractivity contribution is -0.692. The normalized spacial score (nSPS) is 19.5. The number of urea groups is 1. The number of carbonyl (C=O) groups excluding carboxylic acids is 3. The average Bonchev–Trinajstić information content (AvgIpc) is 2.92. The molecule has 1 aromatic carbocycles. The fourth-order valence-corrected chi connectivity index (χ4v) is 4.52. The molecule has 2 aliphatic rings. The summed E-state index contributed by atoms with van der Waals surface area (Å²) in [5, 5.41) is 5.66. The number of nitrogens with zero attached hydrogens (tertiary/aromatic N) is 1. The fourth-order valence-electron chi connectivity index (χ4n) is 4.52. The second-order valence-electron chi connectivity index (χ2n) is 9.28. The van der Waals surface area contributed by atoms with Crippen LogP contribution >= 0.6 is 0 Å². The second kappa shape index (κ2) is 9.16. The highest BCUT2D eigenvalue weighted by molar-refractivity contribution is 6.08. The highest BCUT2D eigenvalue weighted by Gasteiger charge is 2.52. The van der Waals surface area contributed by atoms with Crippen molar-refractivity contribution in [1.29, 1.82) is 0 Å². The van der Waals surface area contributed by atoms with Crippen molar-refractivity contribution in [2.24, 2.45) is 5.92 Å². The minimum Gasteiger partial charge on any atom is -0.332 e. The molecular weight excluding hydrogens is 380 g/mol. The molecule has 7 nitrogen and oxygen atoms in total. The van der Waals surface area contributed by atoms with Crippen LogP contribution in [-0.4, -0.2) is 34.9 Å². The van der Waals surface area contributed by atoms with E-state index in [4.69, 9.17) is 0 Å². The molecule has 4 amide bonds. The number of hydrazine groups is 1. The van der Waals surface area contributed by atoms with Gasteiger partial charge in [-0.25, -0.2) is 4.79 Å². The van der Waals surface area contributed by atoms with Crippen molar-refractivity contribution in [3.05, 3.63) is 35.4 Å². The molecule has 1 saturated heterocycles. The smallest absolute Gasteiger partial charge is 0.332 e. The third-order valence-corrected chi connectivity index (χ3v) is 6.37. The van der Waals surface area contributed by atoms with E-state index in [1.165, 1.54) is 11.1 Å². The van der Waals surface area contributed by atoms with Crippen molar-refractivity contribution in [2.75, 3.05) is 6.54 Å². The molecular formula is C23H35N4O3+. The van der Waals surface area contributed by atoms with Gasteiger partial charge in [0.2, 0.25) is 0 Å². The van der Waals surface area contributed by atoms with Gasteiger partial charge in [-0.15, -0.1) is 0 Å². The minimum atomic E-state index is -0.828. The van der Waals surface area contributed by atoms with E-state index in [0.717, 1.165) is 24.3 Å². The number of rotatable bonds is 7. The maximum absolute atomic E-state index is 12.8. The summed E-state index contributed by atoms with van der Waals surface area (Å²) in [5.41, 5.74) is 4.14. The van der Waals surface area contributed by atoms with Crippen LogP contribution in [0.1, 0.15) is 82.9 Å². The monoisotopic (exact) mass is 415 g/mol. The molecule has 0 radical (unpaired) electrons. The topological polar surface area (TPSA) is 95.1 Å². The molecule has 2 fully saturated rings. The van der Waals surface area contributed by atoms with Gasteiger partial charge in [0, 0.05) is 11.5 Å². The Labute approximate surface area is 178 Å². The Balaban J connectivity index is 1.59. The van der Waals surface area contributed by atoms with E-state index in [9.17, 15) is 14.4 Å². The van der Waals surface area contributed by atoms with Crippen LogP contribution in [0, 0.1) is 5.92 Å². The molecule has 0 aromatic heterocycles. The summed E-state index contributed by atoms with van der Waals surface area (Å²) < 4.78 is 0. The van der Waals surface area contributed by atoms with Gasteiger partial charge in [0.15, 0.2) is 6.54 Å². The van der Waals surface area contributed by atoms with E-state index in [1.807, 2.05) is 5.32 Å². The number of nitrogens with two attached hydrogens (primary N) is 1. The number of quaternary nitrogens is 1. The van der Waals surface area contributed by atoms with Crippen molar-refractivity contribution >= 4 is 17.8 Å². The first-order chi connectivity index (χ1) is 14.2. The van der Waals surface area contributed by atoms with E-state index in [-0.39, 0.29) is 24.4 Å². The number of hydrogen-bond acceptors (Lipinski definition) is 3. The summed E-state index contributed by atoms with van der Waals surface area (Å²) in [5.74, 6) is 0.119. The van der Waals surface area contributed by atoms with E-state index < -0.39 is 11.6 Å². The number of imide groups is 1. The number of benzene rings is 1. The SMILES string of the molecule is CC(C)c1ccc([C@@H]([NH2+]CC(=O)NN2C(=O)NC3(CCCCC3)C2=O)C(C)C)cc1. The number of amides is 4. The van der Waals surface area contributed by atoms with Crippen molar-refractivity contribution in [1.82, 2.24) is 15.8 Å². The zero-order valence-corrected chi connectivity index (χ0v) is 18.5. The molecule has 0 unspecified atom stereocenters. The standard InChI is InChI=1S/C23H34N4O3/c1-15(2)17-8-10-18(11-9-17)20(16(3)4)24-14-19(28)26-27-21(29)23(25-22(27)30)12-6-5-7-13-23/h8-11,15-16,20,24H,5-7,12-14H2,1-4H3,(H,25,30)(H,26,28)/p+1/t20-/m0/s1. The van der Waals surface area contributed by atoms with Crippen molar-refractivity contribution in [2.45, 2.75) is 77.3 Å². The van der Waals surface area contributed by atoms with Crippen LogP contribution in [0.3, 0.4) is 0 Å². The van der Waals surface area contributed by atoms with Gasteiger partial charge < -0.3 is 10.6 Å². The molecule has 1 aliphatic heterocycles. The molecule has 3 rings (SSSR count). The average molecular weight is 416 g/mol. The number of hydrogen-bond donors (Lipinski definition) is 3. The molecule has 1 aliphatic carbocycles. The van der Waals surface area contributed by atoms with E-state index >= 15 is 0 Å². The Morgan fingerprint density at radius 2 is 1.67 bits per heavy atom. The highest BCUT2D eigenvalue weighted by atomic mass is 16.2. The summed E-state index contributed by atoms with van der Waals surface area (Å²) in [6.45, 7) is 8.72. The molecule has 4 N–H and O–H groups in total. The van der Waals surface area contributed by atoms with Gasteiger partial charge >= 0.3 is 6.03 Å². The van der Waals surface area contributed by atoms with Crippen molar-refractivity contribution in [3.8, 4) is 0 Å². The molecule has 7 heteroatoms. The van der Waals surface area contributed by atoms with Crippen LogP contribution < -0.4 is 16.1 Å². The van der Waals surface area contributed by atoms with Crippen LogP contribution in [0.15, 0.2) is 24.3 Å². The molecule has 1 spiro atoms. The third-order valence-electron chi connectivity index (χ3n) is 6.37. The summed E-state index contributed by atoms with van der Waals surface area (Å²) in [7, 11) is 0. The number of carbonyl (C=O) groups is 3. The van der Waals surface area contributed by atoms with Gasteiger partial charge in [-0.3, -0.25) is 15.0 Å². The summed E-state index contributed by atoms with van der Waals surface area (Å²) >= 11 is 0. The van der Waals surface area contributed by atoms with Gasteiger partial charge in [0.25, 0.3) is 11.8 Å². The first-order valence-electron chi connectivity index (χ1n) is 11.1. The minimum absolute atomic E-state index is 0.116. The van der Waals surface area contributed by atoms with Crippen LogP contribution in [-0.2, 0) is 9.59 Å². The summed E-state index contributed by atoms with van der Waals surface area (Å²) in [4.78, 5) is 37.7. The van der Waals surface area contributed by atoms with Crippen LogP contribution in [0.2, 0.25) is 0 Å². The van der Waals surface area contributed by atoms with Crippen molar-refractivity contribution in [3.63, 3.8) is 0 Å². The highest BCUT2D eigenvalue weighted by Crippen LogP contribution is 2.33. The molecule has 164 valence electrons. The maximum Gasteiger partial charge on any atom is 0.344 e. The molecule has 1 aromatic rings. The lowest BCUT2D eigenvalue weighted by Crippen LogP contribution is -2.88. The number of nitrogens with one attached hydrogen (secondary N) is 2. The molecule has 1 atom stereocenters. The fraction of sp³-hybridized carbons (Fsp3) is 0.609. The van der Waals surface area contributed by atoms with Crippen LogP contribution in [0.25, 0.3) is 0 Å². The lowest BCUT2D eigenvalue weighted by atomic mass is 9.82. The Bertz CT molecular complexity index is 782. The van der Waals surface area contributed by atoms with Gasteiger partial charge in [0.1, 0.15) is 11.6 Å². The molecule has 1 saturated carbocycles. The summed E-state index contributed by atoms with van der Waals surface area (Å²) in [6.07, 6.45) is 4.16. The lowest BCUT2D eigenvalue weighted by Gasteiger charge is -2.30. The first kappa shape index (κ1) is 22.3. The molecule has 1 heterocycles. The Hall–Kier alpha value is -2.41. The largest absolute Gasteiger partial charge is 0.344 e. The zero-order valence-electron chi connectivity index (χ0n) is 18.5. The van der Waals surface area contributed by atoms with Gasteiger partial charge in [0.05, 0.1) is 0 Å². The molecule has 30 heavy (non-hydrogen) atoms. The third kappa shape index (κ3) is 4.67. The summed E-state index contributed by atoms with van der Waals surface area (Å²) in [6, 6.07) is 8.11. The maximum atomic E-state index is 12.8. The Morgan fingerprint density at radius 1 is 1.07 bits per heavy atom. The van der Waals surface area contributed by atoms with Gasteiger partial charge in [-0.05, 0) is 24.3 Å². The van der Waals surface area contributed by atoms with Gasteiger partial charge in [-0.1, -0.05) is 71.2 Å². The molecule has 0 bridgehead atoms. The predicted molar refractivity (Wildman–Crippen MR) is 114 cm³/mol.